The van der Waals surface area contributed by atoms with Gasteiger partial charge in [-0.05, 0) is 37.5 Å². The Bertz CT molecular complexity index is 291. The second-order valence-corrected chi connectivity index (χ2v) is 6.25. The number of carbonyl (C=O) groups is 1. The molecule has 1 amide bonds. The third-order valence-corrected chi connectivity index (χ3v) is 4.71. The third kappa shape index (κ3) is 2.22. The Labute approximate surface area is 105 Å². The lowest BCUT2D eigenvalue weighted by Gasteiger charge is -2.45. The highest BCUT2D eigenvalue weighted by Crippen LogP contribution is 2.45. The van der Waals surface area contributed by atoms with Crippen LogP contribution in [0.5, 0.6) is 0 Å². The van der Waals surface area contributed by atoms with Crippen molar-refractivity contribution in [2.75, 3.05) is 6.54 Å². The molecule has 1 saturated heterocycles. The van der Waals surface area contributed by atoms with Crippen LogP contribution in [0.4, 0.5) is 0 Å². The molecule has 1 heterocycles. The molecule has 2 rings (SSSR count). The fourth-order valence-electron chi connectivity index (χ4n) is 3.19. The molecule has 0 aromatic heterocycles. The maximum atomic E-state index is 12.2. The van der Waals surface area contributed by atoms with Crippen LogP contribution in [0.3, 0.4) is 0 Å². The van der Waals surface area contributed by atoms with Gasteiger partial charge in [-0.25, -0.2) is 0 Å². The summed E-state index contributed by atoms with van der Waals surface area (Å²) in [6.07, 6.45) is 5.38. The van der Waals surface area contributed by atoms with Crippen molar-refractivity contribution in [3.8, 4) is 0 Å². The first kappa shape index (κ1) is 12.9. The van der Waals surface area contributed by atoms with Crippen LogP contribution >= 0.6 is 0 Å². The number of hydrogen-bond acceptors (Lipinski definition) is 2. The number of carbonyl (C=O) groups excluding carboxylic acids is 1. The number of nitrogens with one attached hydrogen (secondary N) is 1. The summed E-state index contributed by atoms with van der Waals surface area (Å²) in [7, 11) is 0. The van der Waals surface area contributed by atoms with Gasteiger partial charge in [0.15, 0.2) is 0 Å². The number of rotatable bonds is 4. The van der Waals surface area contributed by atoms with Gasteiger partial charge in [-0.15, -0.1) is 0 Å². The van der Waals surface area contributed by atoms with E-state index in [9.17, 15) is 4.79 Å². The number of amides is 1. The van der Waals surface area contributed by atoms with Gasteiger partial charge in [0.25, 0.3) is 0 Å². The zero-order valence-corrected chi connectivity index (χ0v) is 11.6. The summed E-state index contributed by atoms with van der Waals surface area (Å²) in [6.45, 7) is 9.59. The fourth-order valence-corrected chi connectivity index (χ4v) is 3.19. The molecule has 98 valence electrons. The predicted octanol–water partition coefficient (Wildman–Crippen LogP) is 2.37. The van der Waals surface area contributed by atoms with Crippen LogP contribution in [-0.2, 0) is 4.79 Å². The quantitative estimate of drug-likeness (QED) is 0.815. The minimum atomic E-state index is -0.00335. The molecule has 3 heteroatoms. The largest absolute Gasteiger partial charge is 0.325 e. The van der Waals surface area contributed by atoms with Crippen molar-refractivity contribution in [2.24, 2.45) is 11.3 Å². The van der Waals surface area contributed by atoms with Crippen LogP contribution in [0.25, 0.3) is 0 Å². The SMILES string of the molecule is CCC1(CN2C(=O)C(C)NC2C(C)C)CCC1. The third-order valence-electron chi connectivity index (χ3n) is 4.71. The lowest BCUT2D eigenvalue weighted by Crippen LogP contribution is -2.49. The van der Waals surface area contributed by atoms with Crippen LogP contribution in [0.1, 0.15) is 53.4 Å². The Balaban J connectivity index is 2.09. The van der Waals surface area contributed by atoms with Crippen molar-refractivity contribution in [3.05, 3.63) is 0 Å². The minimum absolute atomic E-state index is 0.00335. The molecule has 1 aliphatic carbocycles. The van der Waals surface area contributed by atoms with E-state index in [1.807, 2.05) is 6.92 Å². The minimum Gasteiger partial charge on any atom is -0.325 e. The van der Waals surface area contributed by atoms with E-state index in [0.29, 0.717) is 17.2 Å². The van der Waals surface area contributed by atoms with Gasteiger partial charge >= 0.3 is 0 Å². The second-order valence-electron chi connectivity index (χ2n) is 6.25. The zero-order chi connectivity index (χ0) is 12.6. The maximum absolute atomic E-state index is 12.2. The summed E-state index contributed by atoms with van der Waals surface area (Å²) in [5.41, 5.74) is 0.425. The van der Waals surface area contributed by atoms with Crippen LogP contribution in [0.2, 0.25) is 0 Å². The highest BCUT2D eigenvalue weighted by Gasteiger charge is 2.44. The molecule has 0 radical (unpaired) electrons. The molecule has 0 bridgehead atoms. The van der Waals surface area contributed by atoms with E-state index >= 15 is 0 Å². The number of nitrogens with zero attached hydrogens (tertiary/aromatic N) is 1. The number of hydrogen-bond donors (Lipinski definition) is 1. The van der Waals surface area contributed by atoms with E-state index in [2.05, 4.69) is 31.0 Å². The zero-order valence-electron chi connectivity index (χ0n) is 11.6. The smallest absolute Gasteiger partial charge is 0.240 e. The Morgan fingerprint density at radius 3 is 2.53 bits per heavy atom. The average molecular weight is 238 g/mol. The van der Waals surface area contributed by atoms with Crippen molar-refractivity contribution in [2.45, 2.75) is 65.6 Å². The van der Waals surface area contributed by atoms with E-state index in [4.69, 9.17) is 0 Å². The van der Waals surface area contributed by atoms with Gasteiger partial charge in [-0.3, -0.25) is 10.1 Å². The molecule has 0 aromatic rings. The summed E-state index contributed by atoms with van der Waals surface area (Å²) in [6, 6.07) is -0.00335. The van der Waals surface area contributed by atoms with Gasteiger partial charge in [0.2, 0.25) is 5.91 Å². The van der Waals surface area contributed by atoms with E-state index in [1.165, 1.54) is 25.7 Å². The second kappa shape index (κ2) is 4.60. The highest BCUT2D eigenvalue weighted by molar-refractivity contribution is 5.84. The van der Waals surface area contributed by atoms with Gasteiger partial charge in [-0.2, -0.15) is 0 Å². The molecule has 2 fully saturated rings. The van der Waals surface area contributed by atoms with Gasteiger partial charge in [0.05, 0.1) is 12.2 Å². The van der Waals surface area contributed by atoms with Crippen LogP contribution in [0.15, 0.2) is 0 Å². The molecule has 0 spiro atoms. The van der Waals surface area contributed by atoms with Crippen molar-refractivity contribution >= 4 is 5.91 Å². The van der Waals surface area contributed by atoms with E-state index in [0.717, 1.165) is 6.54 Å². The lowest BCUT2D eigenvalue weighted by molar-refractivity contribution is -0.133. The van der Waals surface area contributed by atoms with Gasteiger partial charge in [-0.1, -0.05) is 27.2 Å². The monoisotopic (exact) mass is 238 g/mol. The summed E-state index contributed by atoms with van der Waals surface area (Å²) < 4.78 is 0. The Kier molecular flexibility index (Phi) is 3.48. The molecular weight excluding hydrogens is 212 g/mol. The van der Waals surface area contributed by atoms with Crippen LogP contribution in [-0.4, -0.2) is 29.6 Å². The standard InChI is InChI=1S/C14H26N2O/c1-5-14(7-6-8-14)9-16-12(10(2)3)15-11(4)13(16)17/h10-12,15H,5-9H2,1-4H3. The molecule has 0 aromatic carbocycles. The van der Waals surface area contributed by atoms with Crippen molar-refractivity contribution < 1.29 is 4.79 Å². The van der Waals surface area contributed by atoms with E-state index in [1.54, 1.807) is 0 Å². The topological polar surface area (TPSA) is 32.3 Å². The average Bonchev–Trinajstić information content (AvgIpc) is 2.51. The fraction of sp³-hybridized carbons (Fsp3) is 0.929. The predicted molar refractivity (Wildman–Crippen MR) is 69.5 cm³/mol. The molecule has 1 aliphatic heterocycles. The van der Waals surface area contributed by atoms with Gasteiger partial charge in [0.1, 0.15) is 0 Å². The highest BCUT2D eigenvalue weighted by atomic mass is 16.2. The van der Waals surface area contributed by atoms with Crippen molar-refractivity contribution in [3.63, 3.8) is 0 Å². The van der Waals surface area contributed by atoms with Gasteiger partial charge < -0.3 is 4.90 Å². The van der Waals surface area contributed by atoms with Crippen LogP contribution < -0.4 is 5.32 Å². The van der Waals surface area contributed by atoms with Crippen molar-refractivity contribution in [1.29, 1.82) is 0 Å². The summed E-state index contributed by atoms with van der Waals surface area (Å²) in [4.78, 5) is 14.3. The first-order chi connectivity index (χ1) is 7.99. The normalized spacial score (nSPS) is 32.1. The first-order valence-corrected chi connectivity index (χ1v) is 7.05. The van der Waals surface area contributed by atoms with E-state index in [-0.39, 0.29) is 12.2 Å². The van der Waals surface area contributed by atoms with Crippen LogP contribution in [0, 0.1) is 11.3 Å². The van der Waals surface area contributed by atoms with Crippen molar-refractivity contribution in [1.82, 2.24) is 10.2 Å². The molecule has 3 nitrogen and oxygen atoms in total. The lowest BCUT2D eigenvalue weighted by atomic mass is 9.66. The summed E-state index contributed by atoms with van der Waals surface area (Å²) in [5, 5.41) is 3.42. The Morgan fingerprint density at radius 1 is 1.47 bits per heavy atom. The summed E-state index contributed by atoms with van der Waals surface area (Å²) in [5.74, 6) is 0.779. The Morgan fingerprint density at radius 2 is 2.12 bits per heavy atom. The first-order valence-electron chi connectivity index (χ1n) is 7.05. The molecular formula is C14H26N2O. The molecule has 2 unspecified atom stereocenters. The molecule has 1 saturated carbocycles. The molecule has 2 atom stereocenters. The molecule has 17 heavy (non-hydrogen) atoms. The molecule has 1 N–H and O–H groups in total. The van der Waals surface area contributed by atoms with Gasteiger partial charge in [0, 0.05) is 6.54 Å². The van der Waals surface area contributed by atoms with E-state index < -0.39 is 0 Å². The maximum Gasteiger partial charge on any atom is 0.240 e. The molecule has 2 aliphatic rings. The summed E-state index contributed by atoms with van der Waals surface area (Å²) >= 11 is 0. The Hall–Kier alpha value is -0.570.